The molecule has 6 nitrogen and oxygen atoms in total. The van der Waals surface area contributed by atoms with Crippen LogP contribution in [0.2, 0.25) is 0 Å². The van der Waals surface area contributed by atoms with Crippen molar-refractivity contribution in [2.45, 2.75) is 40.8 Å². The first-order valence-electron chi connectivity index (χ1n) is 11.3. The Kier molecular flexibility index (Phi) is 9.17. The number of anilines is 1. The maximum absolute atomic E-state index is 12.0. The Labute approximate surface area is 229 Å². The number of aromatic nitrogens is 1. The van der Waals surface area contributed by atoms with Crippen LogP contribution < -0.4 is 5.32 Å². The highest BCUT2D eigenvalue weighted by molar-refractivity contribution is 7.99. The van der Waals surface area contributed by atoms with E-state index in [1.54, 1.807) is 30.1 Å². The zero-order chi connectivity index (χ0) is 25.7. The van der Waals surface area contributed by atoms with E-state index in [1.165, 1.54) is 0 Å². The van der Waals surface area contributed by atoms with E-state index in [9.17, 15) is 9.90 Å². The van der Waals surface area contributed by atoms with Crippen molar-refractivity contribution in [3.63, 3.8) is 0 Å². The fourth-order valence-electron chi connectivity index (χ4n) is 3.84. The van der Waals surface area contributed by atoms with Crippen molar-refractivity contribution in [2.75, 3.05) is 11.1 Å². The minimum atomic E-state index is -2.05. The van der Waals surface area contributed by atoms with Crippen LogP contribution in [-0.4, -0.2) is 31.6 Å². The molecule has 0 unspecified atom stereocenters. The van der Waals surface area contributed by atoms with Crippen molar-refractivity contribution in [1.29, 1.82) is 0 Å². The smallest absolute Gasteiger partial charge is 0.276 e. The van der Waals surface area contributed by atoms with Gasteiger partial charge in [0.25, 0.3) is 9.70 Å². The highest BCUT2D eigenvalue weighted by Crippen LogP contribution is 2.43. The lowest BCUT2D eigenvalue weighted by atomic mass is 9.91. The molecule has 1 aliphatic rings. The number of aliphatic hydroxyl groups excluding tert-OH is 1. The molecule has 0 saturated carbocycles. The number of ether oxygens (including phenoxy) is 2. The average molecular weight is 568 g/mol. The molecule has 4 atom stereocenters. The summed E-state index contributed by atoms with van der Waals surface area (Å²) in [4.78, 5) is 16.4. The molecule has 0 spiro atoms. The minimum Gasteiger partial charge on any atom is -0.392 e. The third-order valence-electron chi connectivity index (χ3n) is 5.85. The molecular formula is C26H25Cl3N2O4S. The average Bonchev–Trinajstić information content (AvgIpc) is 2.89. The Bertz CT molecular complexity index is 1140. The largest absolute Gasteiger partial charge is 0.392 e. The number of amides is 1. The summed E-state index contributed by atoms with van der Waals surface area (Å²) in [5.74, 6) is 0.0122. The Balaban J connectivity index is 1.55. The lowest BCUT2D eigenvalue weighted by Gasteiger charge is -2.41. The molecule has 0 bridgehead atoms. The quantitative estimate of drug-likeness (QED) is 0.252. The number of hydrogen-bond acceptors (Lipinski definition) is 6. The molecule has 36 heavy (non-hydrogen) atoms. The molecule has 190 valence electrons. The topological polar surface area (TPSA) is 80.7 Å². The molecule has 1 saturated heterocycles. The second-order valence-electron chi connectivity index (χ2n) is 8.37. The summed E-state index contributed by atoms with van der Waals surface area (Å²) in [5.41, 5.74) is 3.12. The SMILES string of the molecule is C[C@H]1[C@@H](CSc2ccccn2)O[C@@H](c2ccc(NC(=O)C(Cl)(Cl)Cl)cc2)O[C@H]1c1ccc(CO)cc1. The van der Waals surface area contributed by atoms with E-state index in [-0.39, 0.29) is 24.7 Å². The molecular weight excluding hydrogens is 543 g/mol. The Morgan fingerprint density at radius 3 is 2.33 bits per heavy atom. The fourth-order valence-corrected chi connectivity index (χ4v) is 5.00. The van der Waals surface area contributed by atoms with Gasteiger partial charge in [0.2, 0.25) is 0 Å². The van der Waals surface area contributed by atoms with Crippen LogP contribution in [0.25, 0.3) is 0 Å². The minimum absolute atomic E-state index is 0.0163. The van der Waals surface area contributed by atoms with Gasteiger partial charge in [-0.1, -0.05) is 84.2 Å². The summed E-state index contributed by atoms with van der Waals surface area (Å²) in [6, 6.07) is 20.6. The van der Waals surface area contributed by atoms with Crippen molar-refractivity contribution in [3.8, 4) is 0 Å². The van der Waals surface area contributed by atoms with Gasteiger partial charge in [-0.2, -0.15) is 0 Å². The predicted octanol–water partition coefficient (Wildman–Crippen LogP) is 6.47. The van der Waals surface area contributed by atoms with E-state index in [1.807, 2.05) is 54.6 Å². The number of nitrogens with zero attached hydrogens (tertiary/aromatic N) is 1. The second kappa shape index (κ2) is 12.1. The zero-order valence-corrected chi connectivity index (χ0v) is 22.4. The van der Waals surface area contributed by atoms with E-state index in [4.69, 9.17) is 44.3 Å². The third-order valence-corrected chi connectivity index (χ3v) is 7.40. The summed E-state index contributed by atoms with van der Waals surface area (Å²) in [5, 5.41) is 12.9. The first kappa shape index (κ1) is 27.2. The van der Waals surface area contributed by atoms with Gasteiger partial charge in [-0.05, 0) is 35.4 Å². The lowest BCUT2D eigenvalue weighted by Crippen LogP contribution is -2.38. The van der Waals surface area contributed by atoms with Crippen LogP contribution in [0.5, 0.6) is 0 Å². The molecule has 1 aromatic heterocycles. The number of nitrogens with one attached hydrogen (secondary N) is 1. The number of benzene rings is 2. The van der Waals surface area contributed by atoms with Gasteiger partial charge in [0.15, 0.2) is 6.29 Å². The van der Waals surface area contributed by atoms with Crippen molar-refractivity contribution in [3.05, 3.63) is 89.6 Å². The van der Waals surface area contributed by atoms with Crippen LogP contribution in [0.3, 0.4) is 0 Å². The van der Waals surface area contributed by atoms with E-state index >= 15 is 0 Å². The lowest BCUT2D eigenvalue weighted by molar-refractivity contribution is -0.268. The predicted molar refractivity (Wildman–Crippen MR) is 143 cm³/mol. The van der Waals surface area contributed by atoms with Gasteiger partial charge in [-0.3, -0.25) is 4.79 Å². The number of aliphatic hydroxyl groups is 1. The maximum Gasteiger partial charge on any atom is 0.276 e. The molecule has 2 N–H and O–H groups in total. The molecule has 1 fully saturated rings. The highest BCUT2D eigenvalue weighted by Gasteiger charge is 2.38. The van der Waals surface area contributed by atoms with E-state index in [0.29, 0.717) is 11.4 Å². The zero-order valence-electron chi connectivity index (χ0n) is 19.3. The summed E-state index contributed by atoms with van der Waals surface area (Å²) >= 11 is 18.6. The number of alkyl halides is 3. The number of rotatable bonds is 7. The van der Waals surface area contributed by atoms with E-state index < -0.39 is 16.0 Å². The van der Waals surface area contributed by atoms with Crippen LogP contribution in [0.4, 0.5) is 5.69 Å². The number of halogens is 3. The summed E-state index contributed by atoms with van der Waals surface area (Å²) < 4.78 is 10.8. The van der Waals surface area contributed by atoms with Crippen LogP contribution in [0.1, 0.15) is 36.0 Å². The number of carbonyl (C=O) groups excluding carboxylic acids is 1. The maximum atomic E-state index is 12.0. The van der Waals surface area contributed by atoms with Crippen molar-refractivity contribution in [2.24, 2.45) is 5.92 Å². The first-order valence-corrected chi connectivity index (χ1v) is 13.4. The molecule has 1 amide bonds. The summed E-state index contributed by atoms with van der Waals surface area (Å²) in [7, 11) is 0. The Morgan fingerprint density at radius 2 is 1.72 bits per heavy atom. The Hall–Kier alpha value is -1.84. The van der Waals surface area contributed by atoms with Gasteiger partial charge < -0.3 is 19.9 Å². The molecule has 0 aliphatic carbocycles. The monoisotopic (exact) mass is 566 g/mol. The molecule has 2 aromatic carbocycles. The van der Waals surface area contributed by atoms with E-state index in [0.717, 1.165) is 21.7 Å². The molecule has 3 aromatic rings. The van der Waals surface area contributed by atoms with Crippen LogP contribution in [0.15, 0.2) is 78.0 Å². The van der Waals surface area contributed by atoms with Crippen molar-refractivity contribution >= 4 is 58.2 Å². The van der Waals surface area contributed by atoms with Crippen molar-refractivity contribution < 1.29 is 19.4 Å². The molecule has 0 radical (unpaired) electrons. The number of pyridine rings is 1. The van der Waals surface area contributed by atoms with Gasteiger partial charge in [0.05, 0.1) is 23.8 Å². The van der Waals surface area contributed by atoms with Gasteiger partial charge >= 0.3 is 0 Å². The molecule has 4 rings (SSSR count). The molecule has 1 aliphatic heterocycles. The van der Waals surface area contributed by atoms with Gasteiger partial charge in [-0.25, -0.2) is 4.98 Å². The standard InChI is InChI=1S/C26H25Cl3N2O4S/c1-16-21(15-36-22-4-2-3-13-30-22)34-24(35-23(16)18-7-5-17(14-32)6-8-18)19-9-11-20(12-10-19)31-25(33)26(27,28)29/h2-13,16,21,23-24,32H,14-15H2,1H3,(H,31,33)/t16-,21+,23+,24+/m0/s1. The Morgan fingerprint density at radius 1 is 1.03 bits per heavy atom. The van der Waals surface area contributed by atoms with Crippen molar-refractivity contribution in [1.82, 2.24) is 4.98 Å². The molecule has 10 heteroatoms. The number of thioether (sulfide) groups is 1. The van der Waals surface area contributed by atoms with Gasteiger partial charge in [0.1, 0.15) is 0 Å². The number of carbonyl (C=O) groups is 1. The van der Waals surface area contributed by atoms with Crippen LogP contribution in [-0.2, 0) is 20.9 Å². The molecule has 2 heterocycles. The second-order valence-corrected chi connectivity index (χ2v) is 11.7. The van der Waals surface area contributed by atoms with Gasteiger partial charge in [0, 0.05) is 29.1 Å². The third kappa shape index (κ3) is 6.92. The summed E-state index contributed by atoms with van der Waals surface area (Å²) in [6.45, 7) is 2.09. The number of hydrogen-bond donors (Lipinski definition) is 2. The highest BCUT2D eigenvalue weighted by atomic mass is 35.6. The normalized spacial score (nSPS) is 22.2. The van der Waals surface area contributed by atoms with Crippen LogP contribution >= 0.6 is 46.6 Å². The summed E-state index contributed by atoms with van der Waals surface area (Å²) in [6.07, 6.45) is 0.793. The van der Waals surface area contributed by atoms with E-state index in [2.05, 4.69) is 17.2 Å². The van der Waals surface area contributed by atoms with Crippen LogP contribution in [0, 0.1) is 5.92 Å². The first-order chi connectivity index (χ1) is 17.2. The van der Waals surface area contributed by atoms with Gasteiger partial charge in [-0.15, -0.1) is 11.8 Å². The fraction of sp³-hybridized carbons (Fsp3) is 0.308.